The highest BCUT2D eigenvalue weighted by atomic mass is 16.6. The highest BCUT2D eigenvalue weighted by Crippen LogP contribution is 2.24. The fourth-order valence-corrected chi connectivity index (χ4v) is 2.53. The Hall–Kier alpha value is -2.83. The number of rotatable bonds is 6. The molecule has 0 N–H and O–H groups in total. The molecule has 0 aliphatic carbocycles. The van der Waals surface area contributed by atoms with E-state index in [0.717, 1.165) is 0 Å². The minimum absolute atomic E-state index is 0.184. The van der Waals surface area contributed by atoms with Gasteiger partial charge in [0.15, 0.2) is 6.10 Å². The number of esters is 2. The Bertz CT molecular complexity index is 893. The predicted molar refractivity (Wildman–Crippen MR) is 101 cm³/mol. The van der Waals surface area contributed by atoms with E-state index in [1.807, 2.05) is 0 Å². The smallest absolute Gasteiger partial charge is 0.347 e. The normalized spacial score (nSPS) is 12.5. The van der Waals surface area contributed by atoms with Crippen LogP contribution < -0.4 is 10.3 Å². The highest BCUT2D eigenvalue weighted by Gasteiger charge is 2.19. The van der Waals surface area contributed by atoms with Gasteiger partial charge in [0.25, 0.3) is 5.56 Å². The number of hydrogen-bond donors (Lipinski definition) is 0. The van der Waals surface area contributed by atoms with E-state index in [9.17, 15) is 14.4 Å². The van der Waals surface area contributed by atoms with Crippen molar-refractivity contribution in [1.82, 2.24) is 4.57 Å². The first kappa shape index (κ1) is 20.5. The third-order valence-corrected chi connectivity index (χ3v) is 3.62. The zero-order valence-corrected chi connectivity index (χ0v) is 16.3. The maximum absolute atomic E-state index is 12.7. The average Bonchev–Trinajstić information content (AvgIpc) is 2.56. The van der Waals surface area contributed by atoms with Gasteiger partial charge in [-0.2, -0.15) is 0 Å². The molecule has 7 nitrogen and oxygen atoms in total. The number of aromatic nitrogens is 1. The van der Waals surface area contributed by atoms with Crippen molar-refractivity contribution in [2.45, 2.75) is 52.9 Å². The third-order valence-electron chi connectivity index (χ3n) is 3.62. The van der Waals surface area contributed by atoms with Gasteiger partial charge in [0.1, 0.15) is 17.9 Å². The fourth-order valence-electron chi connectivity index (χ4n) is 2.53. The molecule has 2 aromatic rings. The quantitative estimate of drug-likeness (QED) is 0.722. The summed E-state index contributed by atoms with van der Waals surface area (Å²) < 4.78 is 17.1. The first-order valence-electron chi connectivity index (χ1n) is 8.79. The molecule has 0 radical (unpaired) electrons. The van der Waals surface area contributed by atoms with Crippen LogP contribution in [0, 0.1) is 0 Å². The molecule has 1 atom stereocenters. The monoisotopic (exact) mass is 375 g/mol. The Labute approximate surface area is 157 Å². The van der Waals surface area contributed by atoms with Crippen LogP contribution in [0.2, 0.25) is 0 Å². The second-order valence-corrected chi connectivity index (χ2v) is 7.06. The molecule has 2 rings (SSSR count). The Morgan fingerprint density at radius 1 is 1.15 bits per heavy atom. The Morgan fingerprint density at radius 3 is 2.48 bits per heavy atom. The van der Waals surface area contributed by atoms with E-state index in [1.54, 1.807) is 58.9 Å². The molecule has 0 spiro atoms. The summed E-state index contributed by atoms with van der Waals surface area (Å²) in [5.41, 5.74) is -0.963. The molecule has 7 heteroatoms. The molecule has 27 heavy (non-hydrogen) atoms. The summed E-state index contributed by atoms with van der Waals surface area (Å²) in [6.45, 7) is 8.68. The Balaban J connectivity index is 2.30. The standard InChI is InChI=1S/C20H25NO6/c1-6-25-19(24)13(2)26-16-9-7-8-15-14(16)10-11-21(18(15)23)12-17(22)27-20(3,4)5/h7-11,13H,6,12H2,1-5H3. The van der Waals surface area contributed by atoms with Gasteiger partial charge in [0, 0.05) is 11.6 Å². The largest absolute Gasteiger partial charge is 0.478 e. The van der Waals surface area contributed by atoms with Crippen molar-refractivity contribution in [1.29, 1.82) is 0 Å². The lowest BCUT2D eigenvalue weighted by Crippen LogP contribution is -2.30. The number of hydrogen-bond acceptors (Lipinski definition) is 6. The van der Waals surface area contributed by atoms with E-state index in [-0.39, 0.29) is 18.7 Å². The number of fused-ring (bicyclic) bond motifs is 1. The number of carbonyl (C=O) groups is 2. The van der Waals surface area contributed by atoms with Crippen LogP contribution in [0.25, 0.3) is 10.8 Å². The van der Waals surface area contributed by atoms with Gasteiger partial charge in [0.05, 0.1) is 12.0 Å². The Morgan fingerprint density at radius 2 is 1.85 bits per heavy atom. The molecule has 0 aliphatic rings. The number of benzene rings is 1. The molecule has 0 bridgehead atoms. The van der Waals surface area contributed by atoms with Crippen LogP contribution in [-0.2, 0) is 25.6 Å². The summed E-state index contributed by atoms with van der Waals surface area (Å²) in [7, 11) is 0. The summed E-state index contributed by atoms with van der Waals surface area (Å²) >= 11 is 0. The lowest BCUT2D eigenvalue weighted by Gasteiger charge is -2.20. The molecule has 0 saturated carbocycles. The van der Waals surface area contributed by atoms with Crippen LogP contribution in [0.1, 0.15) is 34.6 Å². The molecular weight excluding hydrogens is 350 g/mol. The van der Waals surface area contributed by atoms with Gasteiger partial charge in [-0.05, 0) is 52.8 Å². The van der Waals surface area contributed by atoms with Gasteiger partial charge in [-0.3, -0.25) is 9.59 Å². The molecule has 1 aromatic carbocycles. The van der Waals surface area contributed by atoms with Crippen molar-refractivity contribution in [2.75, 3.05) is 6.61 Å². The topological polar surface area (TPSA) is 83.8 Å². The van der Waals surface area contributed by atoms with Crippen LogP contribution in [-0.4, -0.2) is 34.8 Å². The second kappa shape index (κ2) is 8.24. The summed E-state index contributed by atoms with van der Waals surface area (Å²) in [6, 6.07) is 6.66. The molecular formula is C20H25NO6. The van der Waals surface area contributed by atoms with Crippen molar-refractivity contribution >= 4 is 22.7 Å². The van der Waals surface area contributed by atoms with Gasteiger partial charge in [-0.1, -0.05) is 6.07 Å². The average molecular weight is 375 g/mol. The van der Waals surface area contributed by atoms with Crippen LogP contribution in [0.15, 0.2) is 35.3 Å². The van der Waals surface area contributed by atoms with E-state index in [4.69, 9.17) is 14.2 Å². The van der Waals surface area contributed by atoms with E-state index < -0.39 is 23.6 Å². The summed E-state index contributed by atoms with van der Waals surface area (Å²) in [6.07, 6.45) is 0.705. The minimum atomic E-state index is -0.806. The zero-order chi connectivity index (χ0) is 20.2. The summed E-state index contributed by atoms with van der Waals surface area (Å²) in [5, 5.41) is 0.939. The predicted octanol–water partition coefficient (Wildman–Crippen LogP) is 2.67. The molecule has 0 saturated heterocycles. The fraction of sp³-hybridized carbons (Fsp3) is 0.450. The molecule has 1 heterocycles. The van der Waals surface area contributed by atoms with Crippen molar-refractivity contribution in [3.8, 4) is 5.75 Å². The van der Waals surface area contributed by atoms with E-state index in [2.05, 4.69) is 0 Å². The first-order chi connectivity index (χ1) is 12.6. The van der Waals surface area contributed by atoms with E-state index >= 15 is 0 Å². The Kier molecular flexibility index (Phi) is 6.25. The van der Waals surface area contributed by atoms with Crippen LogP contribution in [0.3, 0.4) is 0 Å². The van der Waals surface area contributed by atoms with Gasteiger partial charge in [-0.25, -0.2) is 4.79 Å². The molecule has 1 unspecified atom stereocenters. The molecule has 0 fully saturated rings. The second-order valence-electron chi connectivity index (χ2n) is 7.06. The summed E-state index contributed by atoms with van der Waals surface area (Å²) in [5.74, 6) is -0.574. The van der Waals surface area contributed by atoms with Crippen molar-refractivity contribution in [3.05, 3.63) is 40.8 Å². The van der Waals surface area contributed by atoms with E-state index in [1.165, 1.54) is 10.8 Å². The third kappa shape index (κ3) is 5.32. The van der Waals surface area contributed by atoms with Crippen molar-refractivity contribution in [3.63, 3.8) is 0 Å². The minimum Gasteiger partial charge on any atom is -0.478 e. The maximum Gasteiger partial charge on any atom is 0.347 e. The highest BCUT2D eigenvalue weighted by molar-refractivity contribution is 5.88. The number of carbonyl (C=O) groups excluding carboxylic acids is 2. The van der Waals surface area contributed by atoms with Crippen LogP contribution >= 0.6 is 0 Å². The van der Waals surface area contributed by atoms with Gasteiger partial charge in [0.2, 0.25) is 0 Å². The lowest BCUT2D eigenvalue weighted by molar-refractivity contribution is -0.155. The van der Waals surface area contributed by atoms with Crippen molar-refractivity contribution < 1.29 is 23.8 Å². The first-order valence-corrected chi connectivity index (χ1v) is 8.79. The lowest BCUT2D eigenvalue weighted by atomic mass is 10.1. The molecule has 0 aliphatic heterocycles. The molecule has 146 valence electrons. The number of pyridine rings is 1. The van der Waals surface area contributed by atoms with Crippen LogP contribution in [0.4, 0.5) is 0 Å². The number of nitrogens with zero attached hydrogens (tertiary/aromatic N) is 1. The number of ether oxygens (including phenoxy) is 3. The summed E-state index contributed by atoms with van der Waals surface area (Å²) in [4.78, 5) is 36.5. The molecule has 0 amide bonds. The molecule has 1 aromatic heterocycles. The van der Waals surface area contributed by atoms with E-state index in [0.29, 0.717) is 16.5 Å². The SMILES string of the molecule is CCOC(=O)C(C)Oc1cccc2c(=O)n(CC(=O)OC(C)(C)C)ccc12. The zero-order valence-electron chi connectivity index (χ0n) is 16.3. The van der Waals surface area contributed by atoms with Gasteiger partial charge in [-0.15, -0.1) is 0 Å². The van der Waals surface area contributed by atoms with Crippen LogP contribution in [0.5, 0.6) is 5.75 Å². The maximum atomic E-state index is 12.7. The van der Waals surface area contributed by atoms with Gasteiger partial charge < -0.3 is 18.8 Å². The van der Waals surface area contributed by atoms with Gasteiger partial charge >= 0.3 is 11.9 Å². The van der Waals surface area contributed by atoms with Crippen molar-refractivity contribution in [2.24, 2.45) is 0 Å².